The summed E-state index contributed by atoms with van der Waals surface area (Å²) in [7, 11) is 0. The lowest BCUT2D eigenvalue weighted by molar-refractivity contribution is 0.474. The van der Waals surface area contributed by atoms with Crippen LogP contribution in [0.2, 0.25) is 0 Å². The average molecular weight is 313 g/mol. The molecule has 0 saturated heterocycles. The molecule has 0 bridgehead atoms. The first-order valence-electron chi connectivity index (χ1n) is 6.12. The van der Waals surface area contributed by atoms with Crippen LogP contribution in [0.4, 0.5) is 0 Å². The fourth-order valence-electron chi connectivity index (χ4n) is 1.92. The van der Waals surface area contributed by atoms with Crippen LogP contribution >= 0.6 is 23.2 Å². The van der Waals surface area contributed by atoms with Gasteiger partial charge in [-0.05, 0) is 35.4 Å². The van der Waals surface area contributed by atoms with Crippen molar-refractivity contribution in [2.24, 2.45) is 0 Å². The average Bonchev–Trinajstić information content (AvgIpc) is 2.40. The van der Waals surface area contributed by atoms with E-state index >= 15 is 0 Å². The van der Waals surface area contributed by atoms with Crippen LogP contribution in [0, 0.1) is 0 Å². The highest BCUT2D eigenvalue weighted by Crippen LogP contribution is 2.32. The highest BCUT2D eigenvalue weighted by molar-refractivity contribution is 6.40. The van der Waals surface area contributed by atoms with Gasteiger partial charge >= 0.3 is 0 Å². The number of hydrogen-bond acceptors (Lipinski definition) is 2. The van der Waals surface area contributed by atoms with Crippen LogP contribution in [0.25, 0.3) is 0 Å². The summed E-state index contributed by atoms with van der Waals surface area (Å²) in [5.41, 5.74) is 2.10. The van der Waals surface area contributed by atoms with Gasteiger partial charge in [-0.25, -0.2) is 0 Å². The van der Waals surface area contributed by atoms with Crippen LogP contribution in [0.15, 0.2) is 48.5 Å². The summed E-state index contributed by atoms with van der Waals surface area (Å²) < 4.78 is 0. The molecule has 0 heterocycles. The monoisotopic (exact) mass is 312 g/mol. The molecule has 0 spiro atoms. The Bertz CT molecular complexity index is 472. The third kappa shape index (κ3) is 4.32. The second-order valence-corrected chi connectivity index (χ2v) is 5.63. The molecule has 0 atom stereocenters. The molecule has 0 saturated carbocycles. The number of aromatic hydroxyl groups is 2. The van der Waals surface area contributed by atoms with Gasteiger partial charge in [-0.3, -0.25) is 0 Å². The lowest BCUT2D eigenvalue weighted by atomic mass is 9.78. The minimum Gasteiger partial charge on any atom is -0.508 e. The summed E-state index contributed by atoms with van der Waals surface area (Å²) in [6.07, 6.45) is 0. The van der Waals surface area contributed by atoms with Crippen molar-refractivity contribution < 1.29 is 10.2 Å². The van der Waals surface area contributed by atoms with Crippen molar-refractivity contribution in [3.63, 3.8) is 0 Å². The zero-order valence-electron chi connectivity index (χ0n) is 11.5. The molecule has 20 heavy (non-hydrogen) atoms. The molecule has 0 amide bonds. The van der Waals surface area contributed by atoms with Crippen LogP contribution < -0.4 is 0 Å². The number of phenolic OH excluding ortho intramolecular Hbond substituents is 2. The normalized spacial score (nSPS) is 10.6. The SMILES string of the molecule is CC(C)(c1ccc(O)cc1)c1ccc(O)cc1.ClCCl. The Morgan fingerprint density at radius 2 is 1.00 bits per heavy atom. The van der Waals surface area contributed by atoms with Crippen LogP contribution in [-0.4, -0.2) is 15.6 Å². The van der Waals surface area contributed by atoms with E-state index in [9.17, 15) is 10.2 Å². The van der Waals surface area contributed by atoms with E-state index in [1.165, 1.54) is 0 Å². The van der Waals surface area contributed by atoms with E-state index in [2.05, 4.69) is 13.8 Å². The van der Waals surface area contributed by atoms with Crippen LogP contribution in [0.5, 0.6) is 11.5 Å². The molecule has 2 aromatic rings. The van der Waals surface area contributed by atoms with Gasteiger partial charge in [-0.1, -0.05) is 38.1 Å². The molecule has 2 N–H and O–H groups in total. The molecule has 0 aliphatic carbocycles. The van der Waals surface area contributed by atoms with Gasteiger partial charge in [-0.2, -0.15) is 0 Å². The van der Waals surface area contributed by atoms with E-state index < -0.39 is 0 Å². The second-order valence-electron chi connectivity index (χ2n) is 4.82. The highest BCUT2D eigenvalue weighted by atomic mass is 35.5. The number of phenols is 2. The van der Waals surface area contributed by atoms with Crippen molar-refractivity contribution in [2.75, 3.05) is 5.34 Å². The molecule has 0 aliphatic rings. The van der Waals surface area contributed by atoms with Crippen molar-refractivity contribution in [2.45, 2.75) is 19.3 Å². The summed E-state index contributed by atoms with van der Waals surface area (Å²) in [6.45, 7) is 4.23. The molecule has 2 aromatic carbocycles. The van der Waals surface area contributed by atoms with E-state index in [4.69, 9.17) is 23.2 Å². The summed E-state index contributed by atoms with van der Waals surface area (Å²) in [4.78, 5) is 0. The van der Waals surface area contributed by atoms with Gasteiger partial charge in [0.25, 0.3) is 0 Å². The maximum Gasteiger partial charge on any atom is 0.115 e. The van der Waals surface area contributed by atoms with E-state index in [1.54, 1.807) is 24.3 Å². The molecule has 2 nitrogen and oxygen atoms in total. The van der Waals surface area contributed by atoms with E-state index in [1.807, 2.05) is 24.3 Å². The molecule has 0 aromatic heterocycles. The van der Waals surface area contributed by atoms with Gasteiger partial charge in [0.15, 0.2) is 0 Å². The number of alkyl halides is 2. The van der Waals surface area contributed by atoms with Crippen molar-refractivity contribution in [1.29, 1.82) is 0 Å². The molecule has 2 rings (SSSR count). The third-order valence-corrected chi connectivity index (χ3v) is 3.18. The Balaban J connectivity index is 0.000000612. The first-order valence-corrected chi connectivity index (χ1v) is 7.19. The van der Waals surface area contributed by atoms with Crippen molar-refractivity contribution in [3.05, 3.63) is 59.7 Å². The van der Waals surface area contributed by atoms with Crippen molar-refractivity contribution >= 4 is 23.2 Å². The first kappa shape index (κ1) is 16.7. The fraction of sp³-hybridized carbons (Fsp3) is 0.250. The fourth-order valence-corrected chi connectivity index (χ4v) is 1.92. The van der Waals surface area contributed by atoms with E-state index in [-0.39, 0.29) is 22.3 Å². The zero-order valence-corrected chi connectivity index (χ0v) is 13.0. The molecule has 4 heteroatoms. The minimum absolute atomic E-state index is 0.151. The zero-order chi connectivity index (χ0) is 15.2. The topological polar surface area (TPSA) is 40.5 Å². The standard InChI is InChI=1S/C15H16O2.CH2Cl2/c1-15(2,11-3-7-13(16)8-4-11)12-5-9-14(17)10-6-12;2-1-3/h3-10,16-17H,1-2H3;1H2. The van der Waals surface area contributed by atoms with Gasteiger partial charge in [-0.15, -0.1) is 23.2 Å². The Morgan fingerprint density at radius 3 is 1.25 bits per heavy atom. The number of hydrogen-bond donors (Lipinski definition) is 2. The van der Waals surface area contributed by atoms with Gasteiger partial charge in [0, 0.05) is 5.41 Å². The molecular formula is C16H18Cl2O2. The molecule has 0 fully saturated rings. The quantitative estimate of drug-likeness (QED) is 0.778. The van der Waals surface area contributed by atoms with Crippen LogP contribution in [0.3, 0.4) is 0 Å². The summed E-state index contributed by atoms with van der Waals surface area (Å²) in [5, 5.41) is 18.8. The molecule has 108 valence electrons. The Morgan fingerprint density at radius 1 is 0.750 bits per heavy atom. The molecular weight excluding hydrogens is 295 g/mol. The predicted octanol–water partition coefficient (Wildman–Crippen LogP) is 4.85. The Labute approximate surface area is 129 Å². The van der Waals surface area contributed by atoms with Crippen LogP contribution in [0.1, 0.15) is 25.0 Å². The lowest BCUT2D eigenvalue weighted by Crippen LogP contribution is -2.18. The summed E-state index contributed by atoms with van der Waals surface area (Å²) in [5.74, 6) is 0.547. The minimum atomic E-state index is -0.151. The first-order chi connectivity index (χ1) is 9.41. The van der Waals surface area contributed by atoms with Gasteiger partial charge in [0.05, 0.1) is 5.34 Å². The van der Waals surface area contributed by atoms with E-state index in [0.29, 0.717) is 0 Å². The molecule has 0 unspecified atom stereocenters. The third-order valence-electron chi connectivity index (χ3n) is 3.18. The largest absolute Gasteiger partial charge is 0.508 e. The van der Waals surface area contributed by atoms with Crippen molar-refractivity contribution in [3.8, 4) is 11.5 Å². The Hall–Kier alpha value is -1.38. The van der Waals surface area contributed by atoms with Crippen molar-refractivity contribution in [1.82, 2.24) is 0 Å². The number of halogens is 2. The van der Waals surface area contributed by atoms with Gasteiger partial charge in [0.2, 0.25) is 0 Å². The van der Waals surface area contributed by atoms with Gasteiger partial charge < -0.3 is 10.2 Å². The van der Waals surface area contributed by atoms with Crippen LogP contribution in [-0.2, 0) is 5.41 Å². The highest BCUT2D eigenvalue weighted by Gasteiger charge is 2.22. The van der Waals surface area contributed by atoms with E-state index in [0.717, 1.165) is 11.1 Å². The lowest BCUT2D eigenvalue weighted by Gasteiger charge is -2.26. The maximum absolute atomic E-state index is 9.30. The smallest absolute Gasteiger partial charge is 0.115 e. The number of benzene rings is 2. The molecule has 0 radical (unpaired) electrons. The Kier molecular flexibility index (Phi) is 6.18. The summed E-state index contributed by atoms with van der Waals surface area (Å²) in [6, 6.07) is 14.4. The van der Waals surface area contributed by atoms with Gasteiger partial charge in [0.1, 0.15) is 11.5 Å². The predicted molar refractivity (Wildman–Crippen MR) is 84.9 cm³/mol. The maximum atomic E-state index is 9.30. The second kappa shape index (κ2) is 7.41. The number of rotatable bonds is 2. The molecule has 0 aliphatic heterocycles. The summed E-state index contributed by atoms with van der Waals surface area (Å²) >= 11 is 9.53.